The number of piperidine rings is 1. The fraction of sp³-hybridized carbons (Fsp3) is 0.679. The quantitative estimate of drug-likeness (QED) is 0.528. The van der Waals surface area contributed by atoms with Crippen molar-refractivity contribution < 1.29 is 14.3 Å². The lowest BCUT2D eigenvalue weighted by Gasteiger charge is -2.32. The van der Waals surface area contributed by atoms with Gasteiger partial charge in [0.2, 0.25) is 5.91 Å². The van der Waals surface area contributed by atoms with E-state index in [4.69, 9.17) is 4.74 Å². The van der Waals surface area contributed by atoms with Gasteiger partial charge in [0.05, 0.1) is 18.6 Å². The lowest BCUT2D eigenvalue weighted by Crippen LogP contribution is -2.50. The lowest BCUT2D eigenvalue weighted by molar-refractivity contribution is -0.127. The van der Waals surface area contributed by atoms with E-state index in [0.717, 1.165) is 64.8 Å². The van der Waals surface area contributed by atoms with Gasteiger partial charge >= 0.3 is 0 Å². The van der Waals surface area contributed by atoms with Crippen molar-refractivity contribution in [2.45, 2.75) is 76.8 Å². The summed E-state index contributed by atoms with van der Waals surface area (Å²) in [5, 5.41) is 15.4. The number of nitriles is 1. The van der Waals surface area contributed by atoms with Crippen LogP contribution in [0, 0.1) is 23.2 Å². The number of carbonyl (C=O) groups is 2. The van der Waals surface area contributed by atoms with Crippen LogP contribution in [-0.4, -0.2) is 62.1 Å². The number of likely N-dealkylation sites (tertiary alicyclic amines) is 1. The zero-order chi connectivity index (χ0) is 25.2. The van der Waals surface area contributed by atoms with Gasteiger partial charge in [-0.15, -0.1) is 0 Å². The maximum Gasteiger partial charge on any atom is 0.251 e. The number of nitrogens with one attached hydrogen (secondary N) is 2. The summed E-state index contributed by atoms with van der Waals surface area (Å²) in [6, 6.07) is 9.50. The molecule has 7 heteroatoms. The average Bonchev–Trinajstić information content (AvgIpc) is 2.87. The molecule has 0 spiro atoms. The van der Waals surface area contributed by atoms with Crippen molar-refractivity contribution in [3.63, 3.8) is 0 Å². The van der Waals surface area contributed by atoms with Gasteiger partial charge in [-0.1, -0.05) is 38.8 Å². The molecule has 1 saturated heterocycles. The highest BCUT2D eigenvalue weighted by molar-refractivity contribution is 5.95. The van der Waals surface area contributed by atoms with Crippen LogP contribution in [0.3, 0.4) is 0 Å². The highest BCUT2D eigenvalue weighted by Crippen LogP contribution is 2.29. The van der Waals surface area contributed by atoms with Crippen LogP contribution in [0.25, 0.3) is 0 Å². The Hall–Kier alpha value is -2.43. The van der Waals surface area contributed by atoms with Crippen molar-refractivity contribution in [1.29, 1.82) is 5.26 Å². The van der Waals surface area contributed by atoms with Crippen molar-refractivity contribution in [2.75, 3.05) is 33.4 Å². The van der Waals surface area contributed by atoms with Gasteiger partial charge in [-0.05, 0) is 74.7 Å². The largest absolute Gasteiger partial charge is 0.383 e. The normalized spacial score (nSPS) is 22.4. The minimum Gasteiger partial charge on any atom is -0.383 e. The molecule has 3 atom stereocenters. The number of rotatable bonds is 10. The van der Waals surface area contributed by atoms with Crippen molar-refractivity contribution in [1.82, 2.24) is 15.5 Å². The molecule has 2 N–H and O–H groups in total. The molecule has 2 aliphatic rings. The van der Waals surface area contributed by atoms with Gasteiger partial charge in [0.15, 0.2) is 0 Å². The van der Waals surface area contributed by atoms with E-state index in [-0.39, 0.29) is 23.8 Å². The second-order valence-electron chi connectivity index (χ2n) is 10.5. The van der Waals surface area contributed by atoms with E-state index in [1.807, 2.05) is 26.0 Å². The summed E-state index contributed by atoms with van der Waals surface area (Å²) in [6.45, 7) is 7.98. The Labute approximate surface area is 210 Å². The number of hydrogen-bond acceptors (Lipinski definition) is 5. The summed E-state index contributed by atoms with van der Waals surface area (Å²) in [5.41, 5.74) is 1.92. The van der Waals surface area contributed by atoms with Gasteiger partial charge in [-0.2, -0.15) is 5.26 Å². The van der Waals surface area contributed by atoms with Crippen LogP contribution in [0.5, 0.6) is 0 Å². The van der Waals surface area contributed by atoms with Crippen molar-refractivity contribution in [3.8, 4) is 6.07 Å². The summed E-state index contributed by atoms with van der Waals surface area (Å²) < 4.78 is 5.19. The number of ether oxygens (including phenoxy) is 1. The monoisotopic (exact) mass is 482 g/mol. The van der Waals surface area contributed by atoms with Gasteiger partial charge < -0.3 is 20.3 Å². The molecule has 192 valence electrons. The Morgan fingerprint density at radius 3 is 2.43 bits per heavy atom. The highest BCUT2D eigenvalue weighted by Gasteiger charge is 2.33. The van der Waals surface area contributed by atoms with Crippen LogP contribution >= 0.6 is 0 Å². The first-order valence-electron chi connectivity index (χ1n) is 13.2. The molecule has 0 radical (unpaired) electrons. The van der Waals surface area contributed by atoms with Gasteiger partial charge in [-0.25, -0.2) is 0 Å². The second-order valence-corrected chi connectivity index (χ2v) is 10.5. The molecule has 35 heavy (non-hydrogen) atoms. The molecule has 2 fully saturated rings. The van der Waals surface area contributed by atoms with Crippen molar-refractivity contribution >= 4 is 11.8 Å². The first-order chi connectivity index (χ1) is 16.9. The molecular formula is C28H42N4O3. The van der Waals surface area contributed by atoms with Gasteiger partial charge in [0.25, 0.3) is 5.91 Å². The molecule has 0 bridgehead atoms. The molecule has 3 rings (SSSR count). The Bertz CT molecular complexity index is 856. The highest BCUT2D eigenvalue weighted by atomic mass is 16.5. The van der Waals surface area contributed by atoms with E-state index in [9.17, 15) is 14.9 Å². The van der Waals surface area contributed by atoms with E-state index in [2.05, 4.69) is 33.7 Å². The lowest BCUT2D eigenvalue weighted by atomic mass is 9.83. The van der Waals surface area contributed by atoms with Crippen molar-refractivity contribution in [3.05, 3.63) is 35.4 Å². The fourth-order valence-electron chi connectivity index (χ4n) is 5.38. The van der Waals surface area contributed by atoms with E-state index in [1.54, 1.807) is 7.11 Å². The minimum atomic E-state index is -0.486. The number of hydrogen-bond donors (Lipinski definition) is 2. The predicted molar refractivity (Wildman–Crippen MR) is 137 cm³/mol. The minimum absolute atomic E-state index is 0.116. The van der Waals surface area contributed by atoms with E-state index in [0.29, 0.717) is 23.8 Å². The molecule has 1 aromatic carbocycles. The maximum absolute atomic E-state index is 13.0. The van der Waals surface area contributed by atoms with Crippen LogP contribution in [0.2, 0.25) is 0 Å². The Balaban J connectivity index is 1.55. The van der Waals surface area contributed by atoms with Crippen LogP contribution < -0.4 is 10.6 Å². The summed E-state index contributed by atoms with van der Waals surface area (Å²) in [5.74, 6) is 0.312. The van der Waals surface area contributed by atoms with E-state index >= 15 is 0 Å². The zero-order valence-corrected chi connectivity index (χ0v) is 21.6. The van der Waals surface area contributed by atoms with E-state index < -0.39 is 6.04 Å². The first kappa shape index (κ1) is 27.2. The molecule has 0 unspecified atom stereocenters. The topological polar surface area (TPSA) is 94.5 Å². The standard InChI is InChI=1S/C28H42N4O3/c1-20(2)18-24(19-29)30-28(34)25-6-4-5-7-26(25)31-27(33)23-10-8-21(9-11-23)22-12-14-32(15-13-22)16-17-35-3/h8-11,20,22,24-26H,4-7,12-18H2,1-3H3,(H,30,34)(H,31,33)/t24-,25+,26-/m0/s1. The third-order valence-electron chi connectivity index (χ3n) is 7.44. The SMILES string of the molecule is COCCN1CCC(c2ccc(C(=O)N[C@H]3CCCC[C@H]3C(=O)N[C@H](C#N)CC(C)C)cc2)CC1. The predicted octanol–water partition coefficient (Wildman–Crippen LogP) is 3.86. The number of nitrogens with zero attached hydrogens (tertiary/aromatic N) is 2. The van der Waals surface area contributed by atoms with Gasteiger partial charge in [0.1, 0.15) is 6.04 Å². The van der Waals surface area contributed by atoms with Crippen LogP contribution in [0.1, 0.15) is 80.6 Å². The van der Waals surface area contributed by atoms with Crippen LogP contribution in [-0.2, 0) is 9.53 Å². The fourth-order valence-corrected chi connectivity index (χ4v) is 5.38. The number of methoxy groups -OCH3 is 1. The van der Waals surface area contributed by atoms with Crippen LogP contribution in [0.4, 0.5) is 0 Å². The zero-order valence-electron chi connectivity index (χ0n) is 21.6. The summed E-state index contributed by atoms with van der Waals surface area (Å²) in [7, 11) is 1.74. The van der Waals surface area contributed by atoms with E-state index in [1.165, 1.54) is 5.56 Å². The molecule has 1 saturated carbocycles. The summed E-state index contributed by atoms with van der Waals surface area (Å²) in [4.78, 5) is 28.4. The second kappa shape index (κ2) is 13.6. The van der Waals surface area contributed by atoms with Crippen molar-refractivity contribution in [2.24, 2.45) is 11.8 Å². The molecule has 2 amide bonds. The van der Waals surface area contributed by atoms with Gasteiger partial charge in [0, 0.05) is 25.3 Å². The number of benzene rings is 1. The smallest absolute Gasteiger partial charge is 0.251 e. The van der Waals surface area contributed by atoms with Gasteiger partial charge in [-0.3, -0.25) is 9.59 Å². The third kappa shape index (κ3) is 8.05. The molecule has 1 heterocycles. The Morgan fingerprint density at radius 1 is 1.11 bits per heavy atom. The number of amides is 2. The maximum atomic E-state index is 13.0. The Kier molecular flexibility index (Phi) is 10.6. The molecular weight excluding hydrogens is 440 g/mol. The molecule has 1 aliphatic heterocycles. The Morgan fingerprint density at radius 2 is 1.80 bits per heavy atom. The first-order valence-corrected chi connectivity index (χ1v) is 13.2. The summed E-state index contributed by atoms with van der Waals surface area (Å²) in [6.07, 6.45) is 6.34. The average molecular weight is 483 g/mol. The molecule has 0 aromatic heterocycles. The molecule has 1 aliphatic carbocycles. The summed E-state index contributed by atoms with van der Waals surface area (Å²) >= 11 is 0. The van der Waals surface area contributed by atoms with Crippen LogP contribution in [0.15, 0.2) is 24.3 Å². The third-order valence-corrected chi connectivity index (χ3v) is 7.44. The molecule has 7 nitrogen and oxygen atoms in total. The number of carbonyl (C=O) groups excluding carboxylic acids is 2. The molecule has 1 aromatic rings.